The lowest BCUT2D eigenvalue weighted by atomic mass is 10.2. The SMILES string of the molecule is CCOP(=O)(O)C(O)c1ccc(OC)c(OC)c1. The van der Waals surface area contributed by atoms with Crippen molar-refractivity contribution in [1.82, 2.24) is 0 Å². The monoisotopic (exact) mass is 276 g/mol. The second kappa shape index (κ2) is 6.20. The van der Waals surface area contributed by atoms with Gasteiger partial charge in [-0.2, -0.15) is 0 Å². The molecule has 6 nitrogen and oxygen atoms in total. The highest BCUT2D eigenvalue weighted by Crippen LogP contribution is 2.55. The van der Waals surface area contributed by atoms with E-state index in [9.17, 15) is 14.6 Å². The zero-order chi connectivity index (χ0) is 13.8. The fourth-order valence-electron chi connectivity index (χ4n) is 1.46. The summed E-state index contributed by atoms with van der Waals surface area (Å²) in [7, 11) is -1.18. The minimum atomic E-state index is -4.10. The second-order valence-electron chi connectivity index (χ2n) is 3.47. The number of rotatable bonds is 6. The van der Waals surface area contributed by atoms with Gasteiger partial charge in [0.25, 0.3) is 0 Å². The Hall–Kier alpha value is -1.07. The molecule has 102 valence electrons. The second-order valence-corrected chi connectivity index (χ2v) is 5.35. The molecule has 1 aromatic carbocycles. The zero-order valence-corrected chi connectivity index (χ0v) is 11.4. The Bertz CT molecular complexity index is 447. The molecule has 0 aliphatic carbocycles. The maximum Gasteiger partial charge on any atom is 0.360 e. The molecule has 0 aromatic heterocycles. The number of aliphatic hydroxyl groups is 1. The Kier molecular flexibility index (Phi) is 5.16. The van der Waals surface area contributed by atoms with E-state index >= 15 is 0 Å². The summed E-state index contributed by atoms with van der Waals surface area (Å²) >= 11 is 0. The first kappa shape index (κ1) is 15.0. The first-order valence-corrected chi connectivity index (χ1v) is 6.98. The summed E-state index contributed by atoms with van der Waals surface area (Å²) in [6.07, 6.45) is 0. The Balaban J connectivity index is 3.07. The van der Waals surface area contributed by atoms with Crippen molar-refractivity contribution < 1.29 is 28.6 Å². The van der Waals surface area contributed by atoms with E-state index in [4.69, 9.17) is 9.47 Å². The smallest absolute Gasteiger partial charge is 0.360 e. The summed E-state index contributed by atoms with van der Waals surface area (Å²) in [6.45, 7) is 1.61. The fraction of sp³-hybridized carbons (Fsp3) is 0.455. The van der Waals surface area contributed by atoms with Crippen LogP contribution in [0.3, 0.4) is 0 Å². The molecule has 0 saturated carbocycles. The molecule has 0 heterocycles. The van der Waals surface area contributed by atoms with Crippen molar-refractivity contribution in [3.05, 3.63) is 23.8 Å². The van der Waals surface area contributed by atoms with Crippen LogP contribution in [0, 0.1) is 0 Å². The van der Waals surface area contributed by atoms with Gasteiger partial charge in [0.1, 0.15) is 0 Å². The van der Waals surface area contributed by atoms with Crippen molar-refractivity contribution in [1.29, 1.82) is 0 Å². The van der Waals surface area contributed by atoms with Gasteiger partial charge in [-0.05, 0) is 24.6 Å². The van der Waals surface area contributed by atoms with Crippen molar-refractivity contribution in [2.45, 2.75) is 12.8 Å². The van der Waals surface area contributed by atoms with Crippen LogP contribution in [-0.4, -0.2) is 30.8 Å². The van der Waals surface area contributed by atoms with Gasteiger partial charge in [0.2, 0.25) is 0 Å². The van der Waals surface area contributed by atoms with Crippen LogP contribution in [0.25, 0.3) is 0 Å². The zero-order valence-electron chi connectivity index (χ0n) is 10.5. The van der Waals surface area contributed by atoms with Crippen LogP contribution >= 0.6 is 7.60 Å². The van der Waals surface area contributed by atoms with E-state index in [2.05, 4.69) is 4.52 Å². The summed E-state index contributed by atoms with van der Waals surface area (Å²) < 4.78 is 26.4. The third-order valence-corrected chi connectivity index (χ3v) is 3.87. The van der Waals surface area contributed by atoms with Crippen LogP contribution < -0.4 is 9.47 Å². The quantitative estimate of drug-likeness (QED) is 0.772. The average Bonchev–Trinajstić information content (AvgIpc) is 2.36. The third-order valence-electron chi connectivity index (χ3n) is 2.33. The lowest BCUT2D eigenvalue weighted by Crippen LogP contribution is -2.03. The van der Waals surface area contributed by atoms with Crippen molar-refractivity contribution in [3.63, 3.8) is 0 Å². The maximum atomic E-state index is 11.7. The first-order valence-electron chi connectivity index (χ1n) is 5.33. The molecule has 0 aliphatic heterocycles. The van der Waals surface area contributed by atoms with E-state index in [0.29, 0.717) is 11.5 Å². The number of aliphatic hydroxyl groups excluding tert-OH is 1. The molecule has 0 aliphatic rings. The summed E-state index contributed by atoms with van der Waals surface area (Å²) in [4.78, 5) is 9.54. The van der Waals surface area contributed by atoms with E-state index in [1.807, 2.05) is 0 Å². The highest BCUT2D eigenvalue weighted by molar-refractivity contribution is 7.53. The molecule has 2 unspecified atom stereocenters. The van der Waals surface area contributed by atoms with Gasteiger partial charge in [0, 0.05) is 0 Å². The van der Waals surface area contributed by atoms with Crippen LogP contribution in [0.15, 0.2) is 18.2 Å². The van der Waals surface area contributed by atoms with Crippen molar-refractivity contribution in [2.75, 3.05) is 20.8 Å². The highest BCUT2D eigenvalue weighted by Gasteiger charge is 2.32. The van der Waals surface area contributed by atoms with Crippen LogP contribution in [0.2, 0.25) is 0 Å². The van der Waals surface area contributed by atoms with E-state index in [1.54, 1.807) is 13.0 Å². The van der Waals surface area contributed by atoms with E-state index in [1.165, 1.54) is 26.4 Å². The van der Waals surface area contributed by atoms with Gasteiger partial charge in [-0.15, -0.1) is 0 Å². The Morgan fingerprint density at radius 1 is 1.28 bits per heavy atom. The molecule has 0 bridgehead atoms. The van der Waals surface area contributed by atoms with Gasteiger partial charge < -0.3 is 24.0 Å². The molecule has 0 radical (unpaired) electrons. The highest BCUT2D eigenvalue weighted by atomic mass is 31.2. The van der Waals surface area contributed by atoms with Gasteiger partial charge in [-0.1, -0.05) is 6.07 Å². The number of benzene rings is 1. The first-order chi connectivity index (χ1) is 8.46. The predicted molar refractivity (Wildman–Crippen MR) is 66.0 cm³/mol. The minimum Gasteiger partial charge on any atom is -0.493 e. The Morgan fingerprint density at radius 2 is 1.89 bits per heavy atom. The normalized spacial score (nSPS) is 15.8. The third kappa shape index (κ3) is 3.23. The molecule has 0 amide bonds. The van der Waals surface area contributed by atoms with Crippen molar-refractivity contribution in [2.24, 2.45) is 0 Å². The van der Waals surface area contributed by atoms with E-state index < -0.39 is 13.4 Å². The Morgan fingerprint density at radius 3 is 2.39 bits per heavy atom. The average molecular weight is 276 g/mol. The van der Waals surface area contributed by atoms with Gasteiger partial charge in [0.15, 0.2) is 17.3 Å². The topological polar surface area (TPSA) is 85.2 Å². The van der Waals surface area contributed by atoms with Gasteiger partial charge in [0.05, 0.1) is 20.8 Å². The molecule has 1 aromatic rings. The fourth-order valence-corrected chi connectivity index (χ4v) is 2.51. The summed E-state index contributed by atoms with van der Waals surface area (Å²) in [5, 5.41) is 9.83. The lowest BCUT2D eigenvalue weighted by molar-refractivity contribution is 0.177. The van der Waals surface area contributed by atoms with Crippen LogP contribution in [0.1, 0.15) is 18.3 Å². The molecule has 7 heteroatoms. The number of hydrogen-bond acceptors (Lipinski definition) is 5. The molecule has 0 fully saturated rings. The molecule has 2 atom stereocenters. The summed E-state index contributed by atoms with van der Waals surface area (Å²) in [5.41, 5.74) is 0.229. The van der Waals surface area contributed by atoms with E-state index in [-0.39, 0.29) is 12.2 Å². The van der Waals surface area contributed by atoms with Gasteiger partial charge in [-0.3, -0.25) is 4.57 Å². The van der Waals surface area contributed by atoms with Crippen LogP contribution in [-0.2, 0) is 9.09 Å². The molecular formula is C11H17O6P. The van der Waals surface area contributed by atoms with E-state index in [0.717, 1.165) is 0 Å². The molecule has 0 saturated heterocycles. The largest absolute Gasteiger partial charge is 0.493 e. The van der Waals surface area contributed by atoms with Crippen molar-refractivity contribution in [3.8, 4) is 11.5 Å². The summed E-state index contributed by atoms with van der Waals surface area (Å²) in [6, 6.07) is 4.46. The summed E-state index contributed by atoms with van der Waals surface area (Å²) in [5.74, 6) is -0.777. The van der Waals surface area contributed by atoms with Crippen LogP contribution in [0.5, 0.6) is 11.5 Å². The standard InChI is InChI=1S/C11H17O6P/c1-4-17-18(13,14)11(12)8-5-6-9(15-2)10(7-8)16-3/h5-7,11-12H,4H2,1-3H3,(H,13,14). The van der Waals surface area contributed by atoms with Gasteiger partial charge >= 0.3 is 7.60 Å². The Labute approximate surface area is 106 Å². The molecule has 0 spiro atoms. The number of methoxy groups -OCH3 is 2. The predicted octanol–water partition coefficient (Wildman–Crippen LogP) is 1.92. The number of hydrogen-bond donors (Lipinski definition) is 2. The van der Waals surface area contributed by atoms with Gasteiger partial charge in [-0.25, -0.2) is 0 Å². The van der Waals surface area contributed by atoms with Crippen LogP contribution in [0.4, 0.5) is 0 Å². The molecule has 2 N–H and O–H groups in total. The number of ether oxygens (including phenoxy) is 2. The molecule has 1 rings (SSSR count). The maximum absolute atomic E-state index is 11.7. The molecule has 18 heavy (non-hydrogen) atoms. The lowest BCUT2D eigenvalue weighted by Gasteiger charge is -2.18. The minimum absolute atomic E-state index is 0.0398. The molecular weight excluding hydrogens is 259 g/mol. The van der Waals surface area contributed by atoms with Crippen molar-refractivity contribution >= 4 is 7.60 Å².